The lowest BCUT2D eigenvalue weighted by molar-refractivity contribution is 0.165. The Kier molecular flexibility index (Phi) is 6.86. The summed E-state index contributed by atoms with van der Waals surface area (Å²) >= 11 is 0. The van der Waals surface area contributed by atoms with Crippen LogP contribution >= 0.6 is 0 Å². The first-order valence-corrected chi connectivity index (χ1v) is 9.18. The summed E-state index contributed by atoms with van der Waals surface area (Å²) in [5, 5.41) is 0. The number of hydrogen-bond donors (Lipinski definition) is 0. The van der Waals surface area contributed by atoms with Crippen molar-refractivity contribution >= 4 is 0 Å². The van der Waals surface area contributed by atoms with Crippen molar-refractivity contribution in [1.82, 2.24) is 9.88 Å². The third kappa shape index (κ3) is 5.19. The van der Waals surface area contributed by atoms with Crippen LogP contribution in [0.1, 0.15) is 17.5 Å². The highest BCUT2D eigenvalue weighted by Gasteiger charge is 2.19. The molecule has 3 rings (SSSR count). The topological polar surface area (TPSA) is 43.8 Å². The predicted molar refractivity (Wildman–Crippen MR) is 102 cm³/mol. The zero-order valence-electron chi connectivity index (χ0n) is 15.7. The van der Waals surface area contributed by atoms with Crippen molar-refractivity contribution in [2.24, 2.45) is 5.92 Å². The van der Waals surface area contributed by atoms with Crippen molar-refractivity contribution in [2.75, 3.05) is 40.5 Å². The van der Waals surface area contributed by atoms with Crippen LogP contribution in [0.5, 0.6) is 11.5 Å². The van der Waals surface area contributed by atoms with Gasteiger partial charge in [-0.1, -0.05) is 6.07 Å². The van der Waals surface area contributed by atoms with Crippen molar-refractivity contribution < 1.29 is 14.2 Å². The standard InChI is InChI=1S/C21H28N2O3/c1-24-20-4-3-17(13-21(20)25-2)7-11-23(15-19-8-12-26-16-19)14-18-5-9-22-10-6-18/h3-6,9-10,13,19H,7-8,11-12,14-16H2,1-2H3. The van der Waals surface area contributed by atoms with Gasteiger partial charge in [0.25, 0.3) is 0 Å². The second-order valence-electron chi connectivity index (χ2n) is 6.76. The van der Waals surface area contributed by atoms with E-state index < -0.39 is 0 Å². The number of nitrogens with zero attached hydrogens (tertiary/aromatic N) is 2. The highest BCUT2D eigenvalue weighted by molar-refractivity contribution is 5.42. The molecule has 1 aliphatic rings. The first kappa shape index (κ1) is 18.7. The molecule has 0 bridgehead atoms. The van der Waals surface area contributed by atoms with Gasteiger partial charge in [0, 0.05) is 38.6 Å². The molecule has 1 aromatic carbocycles. The smallest absolute Gasteiger partial charge is 0.160 e. The molecule has 1 aromatic heterocycles. The maximum atomic E-state index is 5.56. The van der Waals surface area contributed by atoms with E-state index in [1.807, 2.05) is 18.5 Å². The zero-order valence-corrected chi connectivity index (χ0v) is 15.7. The molecule has 0 radical (unpaired) electrons. The molecule has 1 fully saturated rings. The Balaban J connectivity index is 1.64. The fourth-order valence-corrected chi connectivity index (χ4v) is 3.40. The summed E-state index contributed by atoms with van der Waals surface area (Å²) in [6.45, 7) is 4.77. The minimum absolute atomic E-state index is 0.627. The molecule has 0 N–H and O–H groups in total. The van der Waals surface area contributed by atoms with Gasteiger partial charge in [-0.3, -0.25) is 9.88 Å². The summed E-state index contributed by atoms with van der Waals surface area (Å²) in [7, 11) is 3.34. The molecule has 5 nitrogen and oxygen atoms in total. The monoisotopic (exact) mass is 356 g/mol. The van der Waals surface area contributed by atoms with E-state index >= 15 is 0 Å². The summed E-state index contributed by atoms with van der Waals surface area (Å²) in [6.07, 6.45) is 5.85. The first-order valence-electron chi connectivity index (χ1n) is 9.18. The molecule has 140 valence electrons. The van der Waals surface area contributed by atoms with Crippen LogP contribution in [0.25, 0.3) is 0 Å². The van der Waals surface area contributed by atoms with Crippen LogP contribution in [0.2, 0.25) is 0 Å². The summed E-state index contributed by atoms with van der Waals surface area (Å²) in [5.74, 6) is 2.19. The Morgan fingerprint density at radius 2 is 1.88 bits per heavy atom. The van der Waals surface area contributed by atoms with E-state index in [0.29, 0.717) is 5.92 Å². The number of ether oxygens (including phenoxy) is 3. The number of hydrogen-bond acceptors (Lipinski definition) is 5. The molecule has 0 aliphatic carbocycles. The Morgan fingerprint density at radius 3 is 2.58 bits per heavy atom. The van der Waals surface area contributed by atoms with Gasteiger partial charge in [0.2, 0.25) is 0 Å². The zero-order chi connectivity index (χ0) is 18.2. The number of pyridine rings is 1. The Morgan fingerprint density at radius 1 is 1.08 bits per heavy atom. The fraction of sp³-hybridized carbons (Fsp3) is 0.476. The number of methoxy groups -OCH3 is 2. The SMILES string of the molecule is COc1ccc(CCN(Cc2ccncc2)CC2CCOC2)cc1OC. The summed E-state index contributed by atoms with van der Waals surface area (Å²) in [5.41, 5.74) is 2.55. The minimum atomic E-state index is 0.627. The molecule has 2 aromatic rings. The van der Waals surface area contributed by atoms with E-state index in [4.69, 9.17) is 14.2 Å². The van der Waals surface area contributed by atoms with Crippen LogP contribution in [0.15, 0.2) is 42.7 Å². The van der Waals surface area contributed by atoms with Crippen molar-refractivity contribution in [3.8, 4) is 11.5 Å². The third-order valence-electron chi connectivity index (χ3n) is 4.86. The van der Waals surface area contributed by atoms with Crippen molar-refractivity contribution in [3.63, 3.8) is 0 Å². The van der Waals surface area contributed by atoms with Gasteiger partial charge in [-0.05, 0) is 54.2 Å². The first-order chi connectivity index (χ1) is 12.8. The van der Waals surface area contributed by atoms with Crippen LogP contribution in [0.3, 0.4) is 0 Å². The highest BCUT2D eigenvalue weighted by Crippen LogP contribution is 2.28. The van der Waals surface area contributed by atoms with Crippen molar-refractivity contribution in [1.29, 1.82) is 0 Å². The molecule has 26 heavy (non-hydrogen) atoms. The normalized spacial score (nSPS) is 16.8. The fourth-order valence-electron chi connectivity index (χ4n) is 3.40. The summed E-state index contributed by atoms with van der Waals surface area (Å²) in [6, 6.07) is 10.3. The van der Waals surface area contributed by atoms with E-state index in [1.54, 1.807) is 14.2 Å². The largest absolute Gasteiger partial charge is 0.493 e. The second-order valence-corrected chi connectivity index (χ2v) is 6.76. The van der Waals surface area contributed by atoms with Crippen molar-refractivity contribution in [2.45, 2.75) is 19.4 Å². The van der Waals surface area contributed by atoms with Crippen LogP contribution in [0.4, 0.5) is 0 Å². The lowest BCUT2D eigenvalue weighted by atomic mass is 10.1. The lowest BCUT2D eigenvalue weighted by Crippen LogP contribution is -2.31. The summed E-state index contributed by atoms with van der Waals surface area (Å²) < 4.78 is 16.3. The number of rotatable bonds is 9. The second kappa shape index (κ2) is 9.55. The summed E-state index contributed by atoms with van der Waals surface area (Å²) in [4.78, 5) is 6.64. The van der Waals surface area contributed by atoms with Gasteiger partial charge in [0.05, 0.1) is 20.8 Å². The average molecular weight is 356 g/mol. The van der Waals surface area contributed by atoms with Gasteiger partial charge < -0.3 is 14.2 Å². The van der Waals surface area contributed by atoms with E-state index in [9.17, 15) is 0 Å². The number of benzene rings is 1. The quantitative estimate of drug-likeness (QED) is 0.690. The van der Waals surface area contributed by atoms with Crippen LogP contribution in [-0.4, -0.2) is 50.4 Å². The minimum Gasteiger partial charge on any atom is -0.493 e. The third-order valence-corrected chi connectivity index (χ3v) is 4.86. The molecular formula is C21H28N2O3. The van der Waals surface area contributed by atoms with Crippen LogP contribution in [0, 0.1) is 5.92 Å². The maximum Gasteiger partial charge on any atom is 0.160 e. The molecule has 5 heteroatoms. The molecule has 0 amide bonds. The Bertz CT molecular complexity index is 672. The number of aromatic nitrogens is 1. The van der Waals surface area contributed by atoms with E-state index in [-0.39, 0.29) is 0 Å². The molecule has 0 saturated carbocycles. The van der Waals surface area contributed by atoms with Gasteiger partial charge in [0.1, 0.15) is 0 Å². The molecule has 0 spiro atoms. The molecule has 1 saturated heterocycles. The molecule has 2 heterocycles. The van der Waals surface area contributed by atoms with Crippen LogP contribution < -0.4 is 9.47 Å². The Hall–Kier alpha value is -2.11. The van der Waals surface area contributed by atoms with Gasteiger partial charge in [-0.2, -0.15) is 0 Å². The molecule has 1 unspecified atom stereocenters. The molecule has 1 aliphatic heterocycles. The van der Waals surface area contributed by atoms with Gasteiger partial charge in [0.15, 0.2) is 11.5 Å². The van der Waals surface area contributed by atoms with Gasteiger partial charge in [-0.25, -0.2) is 0 Å². The Labute approximate surface area is 155 Å². The van der Waals surface area contributed by atoms with E-state index in [2.05, 4.69) is 34.1 Å². The lowest BCUT2D eigenvalue weighted by Gasteiger charge is -2.25. The maximum absolute atomic E-state index is 5.56. The molecule has 1 atom stereocenters. The highest BCUT2D eigenvalue weighted by atomic mass is 16.5. The molecular weight excluding hydrogens is 328 g/mol. The van der Waals surface area contributed by atoms with Crippen molar-refractivity contribution in [3.05, 3.63) is 53.9 Å². The average Bonchev–Trinajstić information content (AvgIpc) is 3.19. The predicted octanol–water partition coefficient (Wildman–Crippen LogP) is 3.18. The van der Waals surface area contributed by atoms with E-state index in [0.717, 1.165) is 57.2 Å². The van der Waals surface area contributed by atoms with Gasteiger partial charge in [-0.15, -0.1) is 0 Å². The van der Waals surface area contributed by atoms with Crippen LogP contribution in [-0.2, 0) is 17.7 Å². The van der Waals surface area contributed by atoms with Gasteiger partial charge >= 0.3 is 0 Å². The van der Waals surface area contributed by atoms with E-state index in [1.165, 1.54) is 11.1 Å².